The van der Waals surface area contributed by atoms with Crippen LogP contribution in [0, 0.1) is 6.92 Å². The van der Waals surface area contributed by atoms with Gasteiger partial charge in [0, 0.05) is 36.3 Å². The minimum Gasteiger partial charge on any atom is -0.318 e. The normalized spacial score (nSPS) is 18.2. The van der Waals surface area contributed by atoms with Gasteiger partial charge in [0.15, 0.2) is 0 Å². The molecule has 3 rings (SSSR count). The molecule has 1 aliphatic rings. The van der Waals surface area contributed by atoms with Crippen LogP contribution >= 0.6 is 11.3 Å². The number of anilines is 1. The maximum Gasteiger partial charge on any atom is 0.129 e. The molecule has 126 valence electrons. The van der Waals surface area contributed by atoms with Crippen LogP contribution in [0.2, 0.25) is 0 Å². The minimum absolute atomic E-state index is 0.393. The van der Waals surface area contributed by atoms with Crippen LogP contribution in [0.4, 0.5) is 5.00 Å². The molecule has 1 aromatic carbocycles. The predicted molar refractivity (Wildman–Crippen MR) is 105 cm³/mol. The lowest BCUT2D eigenvalue weighted by Crippen LogP contribution is -2.38. The Bertz CT molecular complexity index is 748. The molecule has 2 heterocycles. The van der Waals surface area contributed by atoms with Crippen LogP contribution in [0.1, 0.15) is 35.4 Å². The highest BCUT2D eigenvalue weighted by molar-refractivity contribution is 7.16. The largest absolute Gasteiger partial charge is 0.318 e. The molecule has 1 aromatic heterocycles. The van der Waals surface area contributed by atoms with Crippen molar-refractivity contribution >= 4 is 28.9 Å². The SMILES string of the molecule is C=N/N=C(/C)N1C[C@H](C)NCc2c1sc(C)c2Cc1ccccc1. The molecule has 0 saturated carbocycles. The van der Waals surface area contributed by atoms with Gasteiger partial charge in [0.2, 0.25) is 0 Å². The summed E-state index contributed by atoms with van der Waals surface area (Å²) < 4.78 is 0. The molecule has 0 fully saturated rings. The maximum absolute atomic E-state index is 4.18. The van der Waals surface area contributed by atoms with Crippen LogP contribution in [0.15, 0.2) is 40.5 Å². The van der Waals surface area contributed by atoms with Gasteiger partial charge in [-0.05, 0) is 38.3 Å². The van der Waals surface area contributed by atoms with Gasteiger partial charge in [-0.3, -0.25) is 0 Å². The Morgan fingerprint density at radius 1 is 1.38 bits per heavy atom. The van der Waals surface area contributed by atoms with Crippen molar-refractivity contribution in [2.75, 3.05) is 11.4 Å². The van der Waals surface area contributed by atoms with E-state index in [0.717, 1.165) is 25.3 Å². The van der Waals surface area contributed by atoms with Gasteiger partial charge in [-0.15, -0.1) is 16.4 Å². The Balaban J connectivity index is 2.03. The zero-order chi connectivity index (χ0) is 17.1. The van der Waals surface area contributed by atoms with Gasteiger partial charge in [-0.1, -0.05) is 30.3 Å². The van der Waals surface area contributed by atoms with Gasteiger partial charge in [0.25, 0.3) is 0 Å². The van der Waals surface area contributed by atoms with E-state index in [1.165, 1.54) is 26.6 Å². The van der Waals surface area contributed by atoms with Crippen LogP contribution in [-0.4, -0.2) is 25.1 Å². The monoisotopic (exact) mass is 340 g/mol. The van der Waals surface area contributed by atoms with Crippen molar-refractivity contribution in [3.05, 3.63) is 51.9 Å². The second kappa shape index (κ2) is 7.28. The first-order valence-corrected chi connectivity index (χ1v) is 9.08. The van der Waals surface area contributed by atoms with Crippen LogP contribution in [0.5, 0.6) is 0 Å². The summed E-state index contributed by atoms with van der Waals surface area (Å²) in [6.45, 7) is 11.7. The number of hydrogen-bond donors (Lipinski definition) is 1. The van der Waals surface area contributed by atoms with Crippen molar-refractivity contribution in [1.82, 2.24) is 5.32 Å². The average Bonchev–Trinajstić information content (AvgIpc) is 2.77. The van der Waals surface area contributed by atoms with E-state index in [9.17, 15) is 0 Å². The third kappa shape index (κ3) is 3.42. The van der Waals surface area contributed by atoms with Crippen molar-refractivity contribution in [2.24, 2.45) is 10.2 Å². The van der Waals surface area contributed by atoms with E-state index in [1.54, 1.807) is 0 Å². The fraction of sp³-hybridized carbons (Fsp3) is 0.368. The highest BCUT2D eigenvalue weighted by Gasteiger charge is 2.26. The number of amidine groups is 1. The summed E-state index contributed by atoms with van der Waals surface area (Å²) in [5.74, 6) is 0.898. The summed E-state index contributed by atoms with van der Waals surface area (Å²) >= 11 is 1.86. The van der Waals surface area contributed by atoms with Gasteiger partial charge >= 0.3 is 0 Å². The number of rotatable bonds is 3. The number of fused-ring (bicyclic) bond motifs is 1. The third-order valence-electron chi connectivity index (χ3n) is 4.46. The smallest absolute Gasteiger partial charge is 0.129 e. The molecular weight excluding hydrogens is 316 g/mol. The van der Waals surface area contributed by atoms with E-state index in [4.69, 9.17) is 0 Å². The molecule has 1 aliphatic heterocycles. The van der Waals surface area contributed by atoms with E-state index in [1.807, 2.05) is 18.3 Å². The third-order valence-corrected chi connectivity index (χ3v) is 5.67. The lowest BCUT2D eigenvalue weighted by atomic mass is 10.0. The Morgan fingerprint density at radius 2 is 2.12 bits per heavy atom. The molecule has 0 aliphatic carbocycles. The van der Waals surface area contributed by atoms with E-state index in [0.29, 0.717) is 6.04 Å². The van der Waals surface area contributed by atoms with Gasteiger partial charge in [-0.2, -0.15) is 5.10 Å². The summed E-state index contributed by atoms with van der Waals surface area (Å²) in [4.78, 5) is 3.66. The second-order valence-corrected chi connectivity index (χ2v) is 7.47. The molecule has 0 spiro atoms. The molecule has 0 bridgehead atoms. The van der Waals surface area contributed by atoms with Crippen LogP contribution in [-0.2, 0) is 13.0 Å². The van der Waals surface area contributed by atoms with E-state index in [2.05, 4.69) is 71.3 Å². The van der Waals surface area contributed by atoms with Gasteiger partial charge in [0.1, 0.15) is 10.8 Å². The first kappa shape index (κ1) is 16.9. The molecule has 1 N–H and O–H groups in total. The van der Waals surface area contributed by atoms with Crippen molar-refractivity contribution in [1.29, 1.82) is 0 Å². The molecule has 0 radical (unpaired) electrons. The zero-order valence-corrected chi connectivity index (χ0v) is 15.4. The number of nitrogens with zero attached hydrogens (tertiary/aromatic N) is 3. The quantitative estimate of drug-likeness (QED) is 0.521. The van der Waals surface area contributed by atoms with Gasteiger partial charge in [-0.25, -0.2) is 0 Å². The van der Waals surface area contributed by atoms with Crippen LogP contribution in [0.25, 0.3) is 0 Å². The van der Waals surface area contributed by atoms with Crippen molar-refractivity contribution in [3.8, 4) is 0 Å². The Labute approximate surface area is 147 Å². The summed E-state index contributed by atoms with van der Waals surface area (Å²) in [7, 11) is 0. The molecule has 0 amide bonds. The maximum atomic E-state index is 4.18. The zero-order valence-electron chi connectivity index (χ0n) is 14.5. The number of hydrogen-bond acceptors (Lipinski definition) is 4. The molecule has 0 unspecified atom stereocenters. The summed E-state index contributed by atoms with van der Waals surface area (Å²) in [5, 5.41) is 12.8. The molecule has 24 heavy (non-hydrogen) atoms. The lowest BCUT2D eigenvalue weighted by Gasteiger charge is -2.23. The fourth-order valence-corrected chi connectivity index (χ4v) is 4.42. The summed E-state index contributed by atoms with van der Waals surface area (Å²) in [6.07, 6.45) is 0.971. The average molecular weight is 340 g/mol. The highest BCUT2D eigenvalue weighted by Crippen LogP contribution is 2.38. The lowest BCUT2D eigenvalue weighted by molar-refractivity contribution is 0.568. The van der Waals surface area contributed by atoms with E-state index < -0.39 is 0 Å². The highest BCUT2D eigenvalue weighted by atomic mass is 32.1. The Hall–Kier alpha value is -1.98. The number of thiophene rings is 1. The van der Waals surface area contributed by atoms with E-state index >= 15 is 0 Å². The second-order valence-electron chi connectivity index (χ2n) is 6.26. The molecule has 4 nitrogen and oxygen atoms in total. The van der Waals surface area contributed by atoms with E-state index in [-0.39, 0.29) is 0 Å². The predicted octanol–water partition coefficient (Wildman–Crippen LogP) is 3.98. The first-order valence-electron chi connectivity index (χ1n) is 8.26. The summed E-state index contributed by atoms with van der Waals surface area (Å²) in [6, 6.07) is 11.1. The van der Waals surface area contributed by atoms with Crippen LogP contribution < -0.4 is 10.2 Å². The number of benzene rings is 1. The Kier molecular flexibility index (Phi) is 5.11. The van der Waals surface area contributed by atoms with Gasteiger partial charge < -0.3 is 10.2 Å². The number of nitrogens with one attached hydrogen (secondary N) is 1. The first-order chi connectivity index (χ1) is 11.6. The van der Waals surface area contributed by atoms with Crippen LogP contribution in [0.3, 0.4) is 0 Å². The molecule has 5 heteroatoms. The number of aryl methyl sites for hydroxylation is 1. The fourth-order valence-electron chi connectivity index (χ4n) is 3.17. The van der Waals surface area contributed by atoms with Gasteiger partial charge in [0.05, 0.1) is 0 Å². The topological polar surface area (TPSA) is 40.0 Å². The van der Waals surface area contributed by atoms with Crippen molar-refractivity contribution in [2.45, 2.75) is 39.8 Å². The molecule has 2 aromatic rings. The van der Waals surface area contributed by atoms with Crippen molar-refractivity contribution < 1.29 is 0 Å². The molecular formula is C19H24N4S. The minimum atomic E-state index is 0.393. The molecule has 0 saturated heterocycles. The van der Waals surface area contributed by atoms with Crippen molar-refractivity contribution in [3.63, 3.8) is 0 Å². The Morgan fingerprint density at radius 3 is 2.83 bits per heavy atom. The standard InChI is InChI=1S/C19H24N4S/c1-13-12-23(15(3)22-20-4)19-18(11-21-13)17(14(2)24-19)10-16-8-6-5-7-9-16/h5-9,13,21H,4,10-12H2,1-3H3/b22-15-/t13-/m0/s1. The molecule has 1 atom stereocenters. The summed E-state index contributed by atoms with van der Waals surface area (Å²) in [5.41, 5.74) is 4.18.